The summed E-state index contributed by atoms with van der Waals surface area (Å²) in [6.07, 6.45) is 16.2. The number of hydrogen-bond acceptors (Lipinski definition) is 2. The van der Waals surface area contributed by atoms with E-state index in [0.717, 1.165) is 5.92 Å². The molecule has 2 aliphatic carbocycles. The summed E-state index contributed by atoms with van der Waals surface area (Å²) in [4.78, 5) is 2.77. The summed E-state index contributed by atoms with van der Waals surface area (Å²) >= 11 is 0. The van der Waals surface area contributed by atoms with Gasteiger partial charge in [-0.3, -0.25) is 0 Å². The molecule has 0 unspecified atom stereocenters. The Morgan fingerprint density at radius 3 is 2.47 bits per heavy atom. The number of hydrogen-bond donors (Lipinski definition) is 1. The fourth-order valence-corrected chi connectivity index (χ4v) is 4.64. The van der Waals surface area contributed by atoms with Crippen LogP contribution in [0.4, 0.5) is 0 Å². The maximum Gasteiger partial charge on any atom is 0.0309 e. The van der Waals surface area contributed by atoms with Crippen LogP contribution >= 0.6 is 0 Å². The molecule has 0 amide bonds. The molecule has 3 rings (SSSR count). The quantitative estimate of drug-likeness (QED) is 0.838. The van der Waals surface area contributed by atoms with Gasteiger partial charge in [-0.15, -0.1) is 0 Å². The van der Waals surface area contributed by atoms with Gasteiger partial charge in [-0.05, 0) is 31.7 Å². The molecule has 110 valence electrons. The molecule has 0 radical (unpaired) electrons. The first-order chi connectivity index (χ1) is 9.36. The van der Waals surface area contributed by atoms with Gasteiger partial charge in [0.15, 0.2) is 0 Å². The lowest BCUT2D eigenvalue weighted by Crippen LogP contribution is -2.61. The van der Waals surface area contributed by atoms with Crippen LogP contribution in [0.15, 0.2) is 0 Å². The van der Waals surface area contributed by atoms with Crippen LogP contribution in [0.2, 0.25) is 0 Å². The molecule has 3 aliphatic rings. The molecule has 3 fully saturated rings. The predicted molar refractivity (Wildman–Crippen MR) is 81.5 cm³/mol. The average Bonchev–Trinajstić information content (AvgIpc) is 2.47. The van der Waals surface area contributed by atoms with Gasteiger partial charge >= 0.3 is 0 Å². The third kappa shape index (κ3) is 3.72. The summed E-state index contributed by atoms with van der Waals surface area (Å²) < 4.78 is 0. The lowest BCUT2D eigenvalue weighted by Gasteiger charge is -2.46. The van der Waals surface area contributed by atoms with E-state index in [0.29, 0.717) is 5.54 Å². The largest absolute Gasteiger partial charge is 0.309 e. The van der Waals surface area contributed by atoms with E-state index in [1.807, 2.05) is 0 Å². The molecule has 2 heteroatoms. The van der Waals surface area contributed by atoms with E-state index >= 15 is 0 Å². The Labute approximate surface area is 119 Å². The molecule has 0 aromatic rings. The van der Waals surface area contributed by atoms with Gasteiger partial charge in [-0.2, -0.15) is 0 Å². The highest BCUT2D eigenvalue weighted by Crippen LogP contribution is 2.31. The monoisotopic (exact) mass is 264 g/mol. The highest BCUT2D eigenvalue weighted by atomic mass is 15.2. The number of nitrogens with zero attached hydrogens (tertiary/aromatic N) is 1. The molecule has 2 nitrogen and oxygen atoms in total. The lowest BCUT2D eigenvalue weighted by molar-refractivity contribution is 0.0929. The van der Waals surface area contributed by atoms with Gasteiger partial charge in [-0.25, -0.2) is 0 Å². The molecule has 1 aliphatic heterocycles. The lowest BCUT2D eigenvalue weighted by atomic mass is 9.80. The van der Waals surface area contributed by atoms with Crippen LogP contribution in [0.5, 0.6) is 0 Å². The van der Waals surface area contributed by atoms with Crippen LogP contribution in [0, 0.1) is 5.92 Å². The standard InChI is InChI=1S/C17H32N2/c1-3-7-16(8-4-1)9-13-19-14-12-18-17(15-19)10-5-2-6-11-17/h16,18H,1-15H2. The molecular weight excluding hydrogens is 232 g/mol. The summed E-state index contributed by atoms with van der Waals surface area (Å²) in [5.74, 6) is 1.05. The molecule has 0 atom stereocenters. The van der Waals surface area contributed by atoms with Gasteiger partial charge in [0.25, 0.3) is 0 Å². The van der Waals surface area contributed by atoms with Gasteiger partial charge in [-0.1, -0.05) is 51.4 Å². The zero-order chi connectivity index (χ0) is 13.0. The molecular formula is C17H32N2. The fourth-order valence-electron chi connectivity index (χ4n) is 4.64. The van der Waals surface area contributed by atoms with E-state index in [1.54, 1.807) is 0 Å². The van der Waals surface area contributed by atoms with E-state index in [2.05, 4.69) is 10.2 Å². The van der Waals surface area contributed by atoms with Crippen molar-refractivity contribution in [1.82, 2.24) is 10.2 Å². The van der Waals surface area contributed by atoms with Crippen molar-refractivity contribution in [3.8, 4) is 0 Å². The first kappa shape index (κ1) is 13.9. The second-order valence-corrected chi connectivity index (χ2v) is 7.34. The van der Waals surface area contributed by atoms with E-state index < -0.39 is 0 Å². The van der Waals surface area contributed by atoms with Crippen LogP contribution in [0.25, 0.3) is 0 Å². The Balaban J connectivity index is 1.45. The van der Waals surface area contributed by atoms with Gasteiger partial charge in [0.1, 0.15) is 0 Å². The Morgan fingerprint density at radius 1 is 0.947 bits per heavy atom. The Hall–Kier alpha value is -0.0800. The Morgan fingerprint density at radius 2 is 1.68 bits per heavy atom. The summed E-state index contributed by atoms with van der Waals surface area (Å²) in [6.45, 7) is 5.22. The van der Waals surface area contributed by atoms with Crippen molar-refractivity contribution in [1.29, 1.82) is 0 Å². The zero-order valence-electron chi connectivity index (χ0n) is 12.6. The van der Waals surface area contributed by atoms with Crippen LogP contribution in [-0.4, -0.2) is 36.6 Å². The SMILES string of the molecule is C1CCC(CCN2CCNC3(CCCCC3)C2)CC1. The first-order valence-electron chi connectivity index (χ1n) is 8.84. The van der Waals surface area contributed by atoms with Gasteiger partial charge in [0, 0.05) is 25.2 Å². The van der Waals surface area contributed by atoms with Crippen LogP contribution in [-0.2, 0) is 0 Å². The predicted octanol–water partition coefficient (Wildman–Crippen LogP) is 3.56. The summed E-state index contributed by atoms with van der Waals surface area (Å²) in [5, 5.41) is 3.86. The average molecular weight is 264 g/mol. The zero-order valence-corrected chi connectivity index (χ0v) is 12.6. The van der Waals surface area contributed by atoms with E-state index in [-0.39, 0.29) is 0 Å². The van der Waals surface area contributed by atoms with Crippen molar-refractivity contribution >= 4 is 0 Å². The summed E-state index contributed by atoms with van der Waals surface area (Å²) in [5.41, 5.74) is 0.503. The molecule has 2 saturated carbocycles. The number of rotatable bonds is 3. The van der Waals surface area contributed by atoms with E-state index in [9.17, 15) is 0 Å². The van der Waals surface area contributed by atoms with Crippen molar-refractivity contribution in [2.45, 2.75) is 76.2 Å². The van der Waals surface area contributed by atoms with Gasteiger partial charge in [0.05, 0.1) is 0 Å². The molecule has 0 aromatic heterocycles. The third-order valence-corrected chi connectivity index (χ3v) is 5.84. The summed E-state index contributed by atoms with van der Waals surface area (Å²) in [6, 6.07) is 0. The van der Waals surface area contributed by atoms with E-state index in [1.165, 1.54) is 96.8 Å². The van der Waals surface area contributed by atoms with Crippen molar-refractivity contribution in [2.24, 2.45) is 5.92 Å². The normalized spacial score (nSPS) is 29.7. The van der Waals surface area contributed by atoms with Crippen molar-refractivity contribution < 1.29 is 0 Å². The maximum absolute atomic E-state index is 3.86. The first-order valence-corrected chi connectivity index (χ1v) is 8.84. The highest BCUT2D eigenvalue weighted by molar-refractivity contribution is 4.96. The Bertz CT molecular complexity index is 259. The number of nitrogens with one attached hydrogen (secondary N) is 1. The molecule has 0 bridgehead atoms. The topological polar surface area (TPSA) is 15.3 Å². The fraction of sp³-hybridized carbons (Fsp3) is 1.00. The second-order valence-electron chi connectivity index (χ2n) is 7.34. The second kappa shape index (κ2) is 6.58. The smallest absolute Gasteiger partial charge is 0.0309 e. The van der Waals surface area contributed by atoms with Gasteiger partial charge < -0.3 is 10.2 Å². The van der Waals surface area contributed by atoms with E-state index in [4.69, 9.17) is 0 Å². The molecule has 19 heavy (non-hydrogen) atoms. The van der Waals surface area contributed by atoms with Crippen LogP contribution < -0.4 is 5.32 Å². The highest BCUT2D eigenvalue weighted by Gasteiger charge is 2.35. The molecule has 1 saturated heterocycles. The van der Waals surface area contributed by atoms with Crippen molar-refractivity contribution in [2.75, 3.05) is 26.2 Å². The van der Waals surface area contributed by atoms with Gasteiger partial charge in [0.2, 0.25) is 0 Å². The minimum atomic E-state index is 0.503. The molecule has 1 heterocycles. The number of piperazine rings is 1. The Kier molecular flexibility index (Phi) is 4.81. The maximum atomic E-state index is 3.86. The minimum absolute atomic E-state index is 0.503. The molecule has 1 N–H and O–H groups in total. The summed E-state index contributed by atoms with van der Waals surface area (Å²) in [7, 11) is 0. The third-order valence-electron chi connectivity index (χ3n) is 5.84. The van der Waals surface area contributed by atoms with Crippen molar-refractivity contribution in [3.63, 3.8) is 0 Å². The molecule has 1 spiro atoms. The minimum Gasteiger partial charge on any atom is -0.309 e. The van der Waals surface area contributed by atoms with Crippen LogP contribution in [0.1, 0.15) is 70.6 Å². The van der Waals surface area contributed by atoms with Crippen LogP contribution in [0.3, 0.4) is 0 Å². The van der Waals surface area contributed by atoms with Crippen molar-refractivity contribution in [3.05, 3.63) is 0 Å². The molecule has 0 aromatic carbocycles.